The lowest BCUT2D eigenvalue weighted by molar-refractivity contribution is -0.136. The number of ether oxygens (including phenoxy) is 1. The molecule has 2 rings (SSSR count). The molecule has 1 atom stereocenters. The van der Waals surface area contributed by atoms with Crippen LogP contribution in [0.25, 0.3) is 0 Å². The zero-order chi connectivity index (χ0) is 21.1. The first-order chi connectivity index (χ1) is 14.0. The summed E-state index contributed by atoms with van der Waals surface area (Å²) in [5.41, 5.74) is 4.44. The minimum atomic E-state index is -0.777. The van der Waals surface area contributed by atoms with Crippen LogP contribution in [0.2, 0.25) is 0 Å². The summed E-state index contributed by atoms with van der Waals surface area (Å²) in [6, 6.07) is 5.83. The van der Waals surface area contributed by atoms with E-state index >= 15 is 0 Å². The van der Waals surface area contributed by atoms with Gasteiger partial charge in [0.1, 0.15) is 12.4 Å². The van der Waals surface area contributed by atoms with Crippen LogP contribution in [0.3, 0.4) is 0 Å². The number of hydrogen-bond donors (Lipinski definition) is 1. The summed E-state index contributed by atoms with van der Waals surface area (Å²) >= 11 is 0. The molecule has 3 heteroatoms. The molecule has 29 heavy (non-hydrogen) atoms. The van der Waals surface area contributed by atoms with Crippen molar-refractivity contribution < 1.29 is 14.6 Å². The maximum absolute atomic E-state index is 10.7. The van der Waals surface area contributed by atoms with Crippen LogP contribution in [0.1, 0.15) is 43.7 Å². The highest BCUT2D eigenvalue weighted by Gasteiger charge is 2.14. The van der Waals surface area contributed by atoms with Crippen LogP contribution in [-0.4, -0.2) is 17.7 Å². The summed E-state index contributed by atoms with van der Waals surface area (Å²) in [6.07, 6.45) is 18.7. The zero-order valence-corrected chi connectivity index (χ0v) is 17.6. The van der Waals surface area contributed by atoms with Gasteiger partial charge in [-0.3, -0.25) is 4.79 Å². The first-order valence-electron chi connectivity index (χ1n) is 10.3. The molecule has 1 N–H and O–H groups in total. The molecule has 1 aromatic rings. The molecule has 1 aliphatic carbocycles. The van der Waals surface area contributed by atoms with E-state index in [0.717, 1.165) is 35.3 Å². The van der Waals surface area contributed by atoms with Gasteiger partial charge in [0.25, 0.3) is 0 Å². The number of allylic oxidation sites excluding steroid dienone is 8. The molecule has 0 saturated heterocycles. The number of carbonyl (C=O) groups is 1. The summed E-state index contributed by atoms with van der Waals surface area (Å²) in [6.45, 7) is 8.93. The van der Waals surface area contributed by atoms with E-state index in [4.69, 9.17) is 9.84 Å². The molecule has 154 valence electrons. The standard InChI is InChI=1S/C26H32O3/c1-4-23-12-8-5-9-13-24(23)20(2)11-7-6-10-18-29-25-16-14-22(19-21(25)3)15-17-26(27)28/h5-7,9-11,13-14,16,19,23H,2,4,8,12,15,17-18H2,1,3H3,(H,27,28)/b10-6+,11-7-. The second kappa shape index (κ2) is 11.9. The van der Waals surface area contributed by atoms with Gasteiger partial charge >= 0.3 is 5.97 Å². The van der Waals surface area contributed by atoms with Crippen molar-refractivity contribution in [2.45, 2.75) is 46.0 Å². The lowest BCUT2D eigenvalue weighted by atomic mass is 9.88. The van der Waals surface area contributed by atoms with Crippen molar-refractivity contribution in [3.8, 4) is 5.75 Å². The average molecular weight is 393 g/mol. The number of carboxylic acid groups (broad SMARTS) is 1. The van der Waals surface area contributed by atoms with Crippen LogP contribution in [0.5, 0.6) is 5.75 Å². The Balaban J connectivity index is 1.83. The van der Waals surface area contributed by atoms with Crippen LogP contribution in [-0.2, 0) is 11.2 Å². The molecule has 3 nitrogen and oxygen atoms in total. The van der Waals surface area contributed by atoms with Crippen molar-refractivity contribution in [3.05, 3.63) is 89.6 Å². The Bertz CT molecular complexity index is 824. The number of aryl methyl sites for hydroxylation is 2. The van der Waals surface area contributed by atoms with Gasteiger partial charge in [-0.1, -0.05) is 62.1 Å². The van der Waals surface area contributed by atoms with Crippen molar-refractivity contribution in [3.63, 3.8) is 0 Å². The van der Waals surface area contributed by atoms with Gasteiger partial charge in [-0.15, -0.1) is 0 Å². The summed E-state index contributed by atoms with van der Waals surface area (Å²) < 4.78 is 5.81. The van der Waals surface area contributed by atoms with Crippen molar-refractivity contribution in [1.82, 2.24) is 0 Å². The largest absolute Gasteiger partial charge is 0.489 e. The van der Waals surface area contributed by atoms with Crippen LogP contribution in [0, 0.1) is 12.8 Å². The fourth-order valence-corrected chi connectivity index (χ4v) is 3.47. The fourth-order valence-electron chi connectivity index (χ4n) is 3.47. The lowest BCUT2D eigenvalue weighted by Gasteiger charge is -2.17. The molecule has 1 aromatic carbocycles. The van der Waals surface area contributed by atoms with E-state index in [-0.39, 0.29) is 6.42 Å². The minimum absolute atomic E-state index is 0.145. The van der Waals surface area contributed by atoms with E-state index in [1.807, 2.05) is 43.4 Å². The quantitative estimate of drug-likeness (QED) is 0.471. The third-order valence-electron chi connectivity index (χ3n) is 5.14. The van der Waals surface area contributed by atoms with E-state index < -0.39 is 5.97 Å². The van der Waals surface area contributed by atoms with Gasteiger partial charge in [-0.25, -0.2) is 0 Å². The smallest absolute Gasteiger partial charge is 0.303 e. The molecular weight excluding hydrogens is 360 g/mol. The van der Waals surface area contributed by atoms with Crippen LogP contribution >= 0.6 is 0 Å². The first kappa shape index (κ1) is 22.5. The molecule has 0 amide bonds. The third-order valence-corrected chi connectivity index (χ3v) is 5.14. The Morgan fingerprint density at radius 3 is 2.90 bits per heavy atom. The van der Waals surface area contributed by atoms with Gasteiger partial charge in [0.05, 0.1) is 0 Å². The molecule has 0 aromatic heterocycles. The Morgan fingerprint density at radius 2 is 2.17 bits per heavy atom. The Hall–Kier alpha value is -2.81. The van der Waals surface area contributed by atoms with Gasteiger partial charge < -0.3 is 9.84 Å². The highest BCUT2D eigenvalue weighted by Crippen LogP contribution is 2.29. The maximum atomic E-state index is 10.7. The Morgan fingerprint density at radius 1 is 1.34 bits per heavy atom. The number of rotatable bonds is 10. The van der Waals surface area contributed by atoms with E-state index in [1.54, 1.807) is 0 Å². The number of hydrogen-bond acceptors (Lipinski definition) is 2. The minimum Gasteiger partial charge on any atom is -0.489 e. The van der Waals surface area contributed by atoms with Crippen LogP contribution in [0.15, 0.2) is 78.5 Å². The van der Waals surface area contributed by atoms with E-state index in [9.17, 15) is 4.79 Å². The molecule has 0 bridgehead atoms. The van der Waals surface area contributed by atoms with Crippen molar-refractivity contribution in [2.24, 2.45) is 5.92 Å². The normalized spacial score (nSPS) is 16.8. The molecule has 0 radical (unpaired) electrons. The second-order valence-electron chi connectivity index (χ2n) is 7.35. The molecule has 1 unspecified atom stereocenters. The highest BCUT2D eigenvalue weighted by atomic mass is 16.5. The molecule has 1 aliphatic rings. The van der Waals surface area contributed by atoms with E-state index in [2.05, 4.69) is 37.8 Å². The molecule has 0 fully saturated rings. The van der Waals surface area contributed by atoms with Crippen LogP contribution in [0.4, 0.5) is 0 Å². The van der Waals surface area contributed by atoms with Gasteiger partial charge in [-0.2, -0.15) is 0 Å². The van der Waals surface area contributed by atoms with E-state index in [0.29, 0.717) is 18.9 Å². The average Bonchev–Trinajstić information content (AvgIpc) is 2.95. The van der Waals surface area contributed by atoms with Crippen molar-refractivity contribution in [2.75, 3.05) is 6.61 Å². The highest BCUT2D eigenvalue weighted by molar-refractivity contribution is 5.67. The lowest BCUT2D eigenvalue weighted by Crippen LogP contribution is -2.03. The molecule has 0 heterocycles. The predicted octanol–water partition coefficient (Wildman–Crippen LogP) is 6.36. The Labute approximate surface area is 174 Å². The summed E-state index contributed by atoms with van der Waals surface area (Å²) in [4.78, 5) is 10.7. The van der Waals surface area contributed by atoms with Gasteiger partial charge in [-0.05, 0) is 72.9 Å². The Kier molecular flexibility index (Phi) is 9.23. The maximum Gasteiger partial charge on any atom is 0.303 e. The second-order valence-corrected chi connectivity index (χ2v) is 7.35. The zero-order valence-electron chi connectivity index (χ0n) is 17.6. The predicted molar refractivity (Wildman–Crippen MR) is 120 cm³/mol. The number of benzene rings is 1. The van der Waals surface area contributed by atoms with Crippen molar-refractivity contribution in [1.29, 1.82) is 0 Å². The molecule has 0 aliphatic heterocycles. The van der Waals surface area contributed by atoms with Crippen molar-refractivity contribution >= 4 is 5.97 Å². The number of aliphatic carboxylic acids is 1. The monoisotopic (exact) mass is 392 g/mol. The summed E-state index contributed by atoms with van der Waals surface area (Å²) in [7, 11) is 0. The van der Waals surface area contributed by atoms with Gasteiger partial charge in [0.15, 0.2) is 0 Å². The van der Waals surface area contributed by atoms with Gasteiger partial charge in [0.2, 0.25) is 0 Å². The molecule has 0 saturated carbocycles. The van der Waals surface area contributed by atoms with E-state index in [1.165, 1.54) is 12.0 Å². The van der Waals surface area contributed by atoms with Gasteiger partial charge in [0, 0.05) is 6.42 Å². The fraction of sp³-hybridized carbons (Fsp3) is 0.346. The SMILES string of the molecule is C=C(/C=C\C=C\COc1ccc(CCC(=O)O)cc1C)C1=CC=CCCC1CC. The first-order valence-corrected chi connectivity index (χ1v) is 10.3. The summed E-state index contributed by atoms with van der Waals surface area (Å²) in [5, 5.41) is 8.78. The van der Waals surface area contributed by atoms with Crippen LogP contribution < -0.4 is 4.74 Å². The third kappa shape index (κ3) is 7.61. The molecule has 0 spiro atoms. The number of carboxylic acids is 1. The topological polar surface area (TPSA) is 46.5 Å². The molecular formula is C26H32O3. The summed E-state index contributed by atoms with van der Waals surface area (Å²) in [5.74, 6) is 0.625.